The van der Waals surface area contributed by atoms with Crippen molar-refractivity contribution in [1.29, 1.82) is 0 Å². The highest BCUT2D eigenvalue weighted by atomic mass is 35.5. The van der Waals surface area contributed by atoms with Gasteiger partial charge in [-0.2, -0.15) is 0 Å². The molecule has 4 rings (SSSR count). The van der Waals surface area contributed by atoms with Crippen LogP contribution in [-0.2, 0) is 32.6 Å². The van der Waals surface area contributed by atoms with Gasteiger partial charge in [0, 0.05) is 31.5 Å². The van der Waals surface area contributed by atoms with Crippen LogP contribution in [-0.4, -0.2) is 53.5 Å². The van der Waals surface area contributed by atoms with Crippen LogP contribution in [0, 0.1) is 0 Å². The molecule has 0 spiro atoms. The van der Waals surface area contributed by atoms with Gasteiger partial charge in [0.1, 0.15) is 10.9 Å². The van der Waals surface area contributed by atoms with E-state index in [9.17, 15) is 22.8 Å². The minimum absolute atomic E-state index is 0.0376. The standard InChI is InChI=1S/C31H33Cl2N3O5S/c1-31(2,3)34-29(38)26(19-21-10-5-4-6-11-21)35(20-22-15-16-24(32)25(33)18-22)28(37)14-9-17-36-30(39)23-12-7-8-13-27(23)42(36,40)41/h4-8,10-13,15-16,18,26H,9,14,17,19-20H2,1-3H3,(H,34,38)/t26-/m1/s1. The van der Waals surface area contributed by atoms with Crippen LogP contribution < -0.4 is 5.32 Å². The molecule has 0 aliphatic carbocycles. The predicted octanol–water partition coefficient (Wildman–Crippen LogP) is 5.47. The molecule has 0 saturated heterocycles. The first kappa shape index (κ1) is 31.5. The monoisotopic (exact) mass is 629 g/mol. The molecule has 222 valence electrons. The Bertz CT molecular complexity index is 1590. The van der Waals surface area contributed by atoms with E-state index in [1.54, 1.807) is 30.3 Å². The molecule has 0 saturated carbocycles. The number of carbonyl (C=O) groups excluding carboxylic acids is 3. The van der Waals surface area contributed by atoms with Crippen molar-refractivity contribution in [3.8, 4) is 0 Å². The topological polar surface area (TPSA) is 104 Å². The van der Waals surface area contributed by atoms with E-state index in [1.165, 1.54) is 17.0 Å². The Morgan fingerprint density at radius 3 is 2.24 bits per heavy atom. The van der Waals surface area contributed by atoms with Gasteiger partial charge in [-0.1, -0.05) is 71.7 Å². The number of halogens is 2. The second-order valence-corrected chi connectivity index (χ2v) is 13.8. The first-order valence-electron chi connectivity index (χ1n) is 13.5. The lowest BCUT2D eigenvalue weighted by molar-refractivity contribution is -0.142. The van der Waals surface area contributed by atoms with Gasteiger partial charge in [0.2, 0.25) is 11.8 Å². The number of sulfonamides is 1. The van der Waals surface area contributed by atoms with Gasteiger partial charge < -0.3 is 10.2 Å². The summed E-state index contributed by atoms with van der Waals surface area (Å²) in [7, 11) is -3.99. The van der Waals surface area contributed by atoms with Crippen LogP contribution in [0.25, 0.3) is 0 Å². The maximum atomic E-state index is 13.9. The molecule has 1 heterocycles. The zero-order valence-corrected chi connectivity index (χ0v) is 26.0. The van der Waals surface area contributed by atoms with Crippen LogP contribution in [0.3, 0.4) is 0 Å². The van der Waals surface area contributed by atoms with E-state index in [0.29, 0.717) is 15.6 Å². The molecule has 0 unspecified atom stereocenters. The number of amides is 3. The van der Waals surface area contributed by atoms with E-state index in [4.69, 9.17) is 23.2 Å². The lowest BCUT2D eigenvalue weighted by Crippen LogP contribution is -2.54. The Labute approximate surface area is 256 Å². The molecule has 0 radical (unpaired) electrons. The summed E-state index contributed by atoms with van der Waals surface area (Å²) in [5, 5.41) is 3.68. The minimum atomic E-state index is -3.99. The fraction of sp³-hybridized carbons (Fsp3) is 0.323. The number of nitrogens with one attached hydrogen (secondary N) is 1. The Hall–Kier alpha value is -3.40. The van der Waals surface area contributed by atoms with Crippen molar-refractivity contribution in [2.24, 2.45) is 0 Å². The van der Waals surface area contributed by atoms with Gasteiger partial charge in [-0.15, -0.1) is 0 Å². The van der Waals surface area contributed by atoms with Crippen molar-refractivity contribution >= 4 is 50.9 Å². The Morgan fingerprint density at radius 2 is 1.60 bits per heavy atom. The Balaban J connectivity index is 1.60. The highest BCUT2D eigenvalue weighted by Crippen LogP contribution is 2.30. The van der Waals surface area contributed by atoms with E-state index in [-0.39, 0.29) is 54.6 Å². The molecule has 0 fully saturated rings. The maximum Gasteiger partial charge on any atom is 0.269 e. The van der Waals surface area contributed by atoms with Crippen molar-refractivity contribution in [1.82, 2.24) is 14.5 Å². The minimum Gasteiger partial charge on any atom is -0.350 e. The molecule has 1 atom stereocenters. The molecule has 3 amide bonds. The van der Waals surface area contributed by atoms with Crippen LogP contribution >= 0.6 is 23.2 Å². The Morgan fingerprint density at radius 1 is 0.929 bits per heavy atom. The number of rotatable bonds is 10. The van der Waals surface area contributed by atoms with Gasteiger partial charge in [0.05, 0.1) is 15.6 Å². The summed E-state index contributed by atoms with van der Waals surface area (Å²) in [6, 6.07) is 19.6. The molecule has 1 aliphatic heterocycles. The molecule has 8 nitrogen and oxygen atoms in total. The number of benzene rings is 3. The van der Waals surface area contributed by atoms with Crippen LogP contribution in [0.2, 0.25) is 10.0 Å². The second-order valence-electron chi connectivity index (χ2n) is 11.2. The van der Waals surface area contributed by atoms with Gasteiger partial charge in [0.25, 0.3) is 15.9 Å². The average Bonchev–Trinajstić information content (AvgIpc) is 3.12. The Kier molecular flexibility index (Phi) is 9.65. The van der Waals surface area contributed by atoms with Crippen molar-refractivity contribution in [2.75, 3.05) is 6.54 Å². The molecule has 1 aliphatic rings. The second kappa shape index (κ2) is 12.9. The molecule has 0 aromatic heterocycles. The molecule has 1 N–H and O–H groups in total. The highest BCUT2D eigenvalue weighted by molar-refractivity contribution is 7.90. The van der Waals surface area contributed by atoms with E-state index >= 15 is 0 Å². The molecule has 11 heteroatoms. The van der Waals surface area contributed by atoms with Crippen LogP contribution in [0.5, 0.6) is 0 Å². The molecule has 3 aromatic carbocycles. The van der Waals surface area contributed by atoms with Crippen molar-refractivity contribution in [2.45, 2.75) is 63.1 Å². The average molecular weight is 631 g/mol. The third kappa shape index (κ3) is 7.32. The summed E-state index contributed by atoms with van der Waals surface area (Å²) in [6.07, 6.45) is 0.240. The van der Waals surface area contributed by atoms with Crippen molar-refractivity contribution in [3.05, 3.63) is 99.5 Å². The van der Waals surface area contributed by atoms with Gasteiger partial charge in [-0.3, -0.25) is 14.4 Å². The third-order valence-corrected chi connectivity index (χ3v) is 9.35. The fourth-order valence-corrected chi connectivity index (χ4v) is 6.74. The number of carbonyl (C=O) groups is 3. The molecule has 42 heavy (non-hydrogen) atoms. The van der Waals surface area contributed by atoms with Crippen LogP contribution in [0.15, 0.2) is 77.7 Å². The summed E-state index contributed by atoms with van der Waals surface area (Å²) < 4.78 is 26.8. The lowest BCUT2D eigenvalue weighted by Gasteiger charge is -2.34. The summed E-state index contributed by atoms with van der Waals surface area (Å²) in [4.78, 5) is 41.8. The zero-order valence-electron chi connectivity index (χ0n) is 23.6. The number of fused-ring (bicyclic) bond motifs is 1. The van der Waals surface area contributed by atoms with E-state index in [2.05, 4.69) is 5.32 Å². The van der Waals surface area contributed by atoms with Crippen molar-refractivity contribution < 1.29 is 22.8 Å². The highest BCUT2D eigenvalue weighted by Gasteiger charge is 2.40. The van der Waals surface area contributed by atoms with Gasteiger partial charge in [-0.25, -0.2) is 12.7 Å². The van der Waals surface area contributed by atoms with Gasteiger partial charge in [0.15, 0.2) is 0 Å². The fourth-order valence-electron chi connectivity index (χ4n) is 4.81. The smallest absolute Gasteiger partial charge is 0.269 e. The number of hydrogen-bond acceptors (Lipinski definition) is 5. The predicted molar refractivity (Wildman–Crippen MR) is 163 cm³/mol. The SMILES string of the molecule is CC(C)(C)NC(=O)[C@@H](Cc1ccccc1)N(Cc1ccc(Cl)c(Cl)c1)C(=O)CCCN1C(=O)c2ccccc2S1(=O)=O. The number of nitrogens with zero attached hydrogens (tertiary/aromatic N) is 2. The maximum absolute atomic E-state index is 13.9. The summed E-state index contributed by atoms with van der Waals surface area (Å²) in [5.74, 6) is -1.31. The van der Waals surface area contributed by atoms with Gasteiger partial charge >= 0.3 is 0 Å². The van der Waals surface area contributed by atoms with E-state index < -0.39 is 27.5 Å². The van der Waals surface area contributed by atoms with Crippen LogP contribution in [0.1, 0.15) is 55.1 Å². The van der Waals surface area contributed by atoms with Crippen LogP contribution in [0.4, 0.5) is 0 Å². The zero-order chi connectivity index (χ0) is 30.7. The van der Waals surface area contributed by atoms with Gasteiger partial charge in [-0.05, 0) is 62.6 Å². The molecular formula is C31H33Cl2N3O5S. The molecule has 3 aromatic rings. The third-order valence-electron chi connectivity index (χ3n) is 6.77. The summed E-state index contributed by atoms with van der Waals surface area (Å²) >= 11 is 12.4. The van der Waals surface area contributed by atoms with E-state index in [1.807, 2.05) is 51.1 Å². The first-order chi connectivity index (χ1) is 19.8. The largest absolute Gasteiger partial charge is 0.350 e. The summed E-state index contributed by atoms with van der Waals surface area (Å²) in [6.45, 7) is 5.49. The lowest BCUT2D eigenvalue weighted by atomic mass is 10.00. The summed E-state index contributed by atoms with van der Waals surface area (Å²) in [5.41, 5.74) is 1.10. The van der Waals surface area contributed by atoms with E-state index in [0.717, 1.165) is 9.87 Å². The molecule has 0 bridgehead atoms. The van der Waals surface area contributed by atoms with Crippen molar-refractivity contribution in [3.63, 3.8) is 0 Å². The normalized spacial score (nSPS) is 14.8. The first-order valence-corrected chi connectivity index (χ1v) is 15.7. The quantitative estimate of drug-likeness (QED) is 0.320. The number of hydrogen-bond donors (Lipinski definition) is 1. The molecular weight excluding hydrogens is 597 g/mol.